The average molecular weight is 177 g/mol. The van der Waals surface area contributed by atoms with Crippen molar-refractivity contribution in [2.45, 2.75) is 19.4 Å². The Morgan fingerprint density at radius 3 is 3.00 bits per heavy atom. The van der Waals surface area contributed by atoms with Gasteiger partial charge in [-0.2, -0.15) is 0 Å². The number of nitrogens with zero attached hydrogens (tertiary/aromatic N) is 1. The van der Waals surface area contributed by atoms with Crippen LogP contribution in [0.25, 0.3) is 0 Å². The number of anilines is 1. The van der Waals surface area contributed by atoms with E-state index in [0.29, 0.717) is 6.04 Å². The Morgan fingerprint density at radius 1 is 1.46 bits per heavy atom. The van der Waals surface area contributed by atoms with Gasteiger partial charge in [0.1, 0.15) is 0 Å². The standard InChI is InChI=1S/C11H15NO/c1-9-8-10-4-2-3-5-11(10)12(9)6-7-13/h2-5,9,13H,6-8H2,1H3. The number of aliphatic hydroxyl groups is 1. The Bertz CT molecular complexity index is 298. The quantitative estimate of drug-likeness (QED) is 0.738. The molecule has 0 aliphatic carbocycles. The van der Waals surface area contributed by atoms with Gasteiger partial charge in [-0.3, -0.25) is 0 Å². The van der Waals surface area contributed by atoms with Crippen molar-refractivity contribution in [3.05, 3.63) is 29.8 Å². The SMILES string of the molecule is CC1Cc2ccccc2N1CCO. The number of rotatable bonds is 2. The highest BCUT2D eigenvalue weighted by Gasteiger charge is 2.24. The fourth-order valence-corrected chi connectivity index (χ4v) is 2.08. The third-order valence-electron chi connectivity index (χ3n) is 2.69. The summed E-state index contributed by atoms with van der Waals surface area (Å²) in [4.78, 5) is 2.27. The smallest absolute Gasteiger partial charge is 0.0606 e. The van der Waals surface area contributed by atoms with E-state index in [4.69, 9.17) is 5.11 Å². The molecule has 13 heavy (non-hydrogen) atoms. The molecule has 2 heteroatoms. The maximum atomic E-state index is 8.93. The van der Waals surface area contributed by atoms with Crippen LogP contribution < -0.4 is 4.90 Å². The molecule has 1 heterocycles. The van der Waals surface area contributed by atoms with E-state index in [2.05, 4.69) is 36.1 Å². The van der Waals surface area contributed by atoms with E-state index in [1.165, 1.54) is 11.3 Å². The van der Waals surface area contributed by atoms with Crippen LogP contribution in [0.4, 0.5) is 5.69 Å². The number of hydrogen-bond acceptors (Lipinski definition) is 2. The molecule has 1 atom stereocenters. The average Bonchev–Trinajstić information content (AvgIpc) is 2.44. The lowest BCUT2D eigenvalue weighted by molar-refractivity contribution is 0.299. The molecule has 0 aromatic heterocycles. The van der Waals surface area contributed by atoms with E-state index in [1.807, 2.05) is 0 Å². The van der Waals surface area contributed by atoms with Crippen LogP contribution in [0, 0.1) is 0 Å². The highest BCUT2D eigenvalue weighted by atomic mass is 16.3. The first-order valence-electron chi connectivity index (χ1n) is 4.78. The summed E-state index contributed by atoms with van der Waals surface area (Å²) in [6.45, 7) is 3.19. The van der Waals surface area contributed by atoms with Crippen LogP contribution >= 0.6 is 0 Å². The first kappa shape index (κ1) is 8.57. The largest absolute Gasteiger partial charge is 0.395 e. The number of benzene rings is 1. The predicted octanol–water partition coefficient (Wildman–Crippen LogP) is 1.43. The molecular weight excluding hydrogens is 162 g/mol. The normalized spacial score (nSPS) is 20.5. The van der Waals surface area contributed by atoms with Crippen molar-refractivity contribution in [2.75, 3.05) is 18.1 Å². The lowest BCUT2D eigenvalue weighted by Gasteiger charge is -2.23. The zero-order valence-electron chi connectivity index (χ0n) is 7.90. The van der Waals surface area contributed by atoms with E-state index in [1.54, 1.807) is 0 Å². The van der Waals surface area contributed by atoms with Gasteiger partial charge in [0.15, 0.2) is 0 Å². The van der Waals surface area contributed by atoms with Crippen molar-refractivity contribution >= 4 is 5.69 Å². The molecule has 0 saturated carbocycles. The molecule has 1 aliphatic heterocycles. The van der Waals surface area contributed by atoms with Crippen LogP contribution in [0.15, 0.2) is 24.3 Å². The van der Waals surface area contributed by atoms with Gasteiger partial charge in [-0.05, 0) is 25.0 Å². The molecule has 2 nitrogen and oxygen atoms in total. The Labute approximate surface area is 78.8 Å². The lowest BCUT2D eigenvalue weighted by atomic mass is 10.1. The summed E-state index contributed by atoms with van der Waals surface area (Å²) < 4.78 is 0. The molecular formula is C11H15NO. The summed E-state index contributed by atoms with van der Waals surface area (Å²) in [6, 6.07) is 8.97. The monoisotopic (exact) mass is 177 g/mol. The van der Waals surface area contributed by atoms with E-state index >= 15 is 0 Å². The van der Waals surface area contributed by atoms with Gasteiger partial charge in [0.05, 0.1) is 6.61 Å². The minimum absolute atomic E-state index is 0.235. The van der Waals surface area contributed by atoms with Crippen molar-refractivity contribution in [3.8, 4) is 0 Å². The molecule has 0 bridgehead atoms. The molecule has 1 unspecified atom stereocenters. The van der Waals surface area contributed by atoms with Crippen molar-refractivity contribution in [1.82, 2.24) is 0 Å². The van der Waals surface area contributed by atoms with E-state index in [9.17, 15) is 0 Å². The number of para-hydroxylation sites is 1. The van der Waals surface area contributed by atoms with Crippen molar-refractivity contribution in [2.24, 2.45) is 0 Å². The van der Waals surface area contributed by atoms with Crippen molar-refractivity contribution in [1.29, 1.82) is 0 Å². The molecule has 0 fully saturated rings. The second kappa shape index (κ2) is 3.38. The first-order chi connectivity index (χ1) is 6.33. The van der Waals surface area contributed by atoms with Gasteiger partial charge in [0.25, 0.3) is 0 Å². The third-order valence-corrected chi connectivity index (χ3v) is 2.69. The number of β-amino-alcohol motifs (C(OH)–C–C–N with tert-alkyl or cyclic N) is 1. The lowest BCUT2D eigenvalue weighted by Crippen LogP contribution is -2.31. The zero-order chi connectivity index (χ0) is 9.26. The second-order valence-electron chi connectivity index (χ2n) is 3.60. The first-order valence-corrected chi connectivity index (χ1v) is 4.78. The highest BCUT2D eigenvalue weighted by Crippen LogP contribution is 2.30. The van der Waals surface area contributed by atoms with Crippen LogP contribution in [-0.4, -0.2) is 24.3 Å². The summed E-state index contributed by atoms with van der Waals surface area (Å²) in [5.74, 6) is 0. The van der Waals surface area contributed by atoms with Crippen LogP contribution in [0.3, 0.4) is 0 Å². The Hall–Kier alpha value is -1.02. The van der Waals surface area contributed by atoms with Gasteiger partial charge in [0, 0.05) is 18.3 Å². The van der Waals surface area contributed by atoms with Gasteiger partial charge in [0.2, 0.25) is 0 Å². The highest BCUT2D eigenvalue weighted by molar-refractivity contribution is 5.59. The number of aliphatic hydroxyl groups excluding tert-OH is 1. The summed E-state index contributed by atoms with van der Waals surface area (Å²) in [7, 11) is 0. The molecule has 1 aromatic rings. The Balaban J connectivity index is 2.29. The maximum absolute atomic E-state index is 8.93. The predicted molar refractivity (Wildman–Crippen MR) is 54.0 cm³/mol. The Kier molecular flexibility index (Phi) is 2.23. The van der Waals surface area contributed by atoms with Gasteiger partial charge in [-0.15, -0.1) is 0 Å². The van der Waals surface area contributed by atoms with E-state index < -0.39 is 0 Å². The van der Waals surface area contributed by atoms with Gasteiger partial charge >= 0.3 is 0 Å². The second-order valence-corrected chi connectivity index (χ2v) is 3.60. The fourth-order valence-electron chi connectivity index (χ4n) is 2.08. The van der Waals surface area contributed by atoms with E-state index in [0.717, 1.165) is 13.0 Å². The van der Waals surface area contributed by atoms with Crippen LogP contribution in [-0.2, 0) is 6.42 Å². The summed E-state index contributed by atoms with van der Waals surface area (Å²) >= 11 is 0. The molecule has 1 N–H and O–H groups in total. The van der Waals surface area contributed by atoms with Crippen molar-refractivity contribution in [3.63, 3.8) is 0 Å². The maximum Gasteiger partial charge on any atom is 0.0606 e. The summed E-state index contributed by atoms with van der Waals surface area (Å²) in [5, 5.41) is 8.93. The van der Waals surface area contributed by atoms with Crippen molar-refractivity contribution < 1.29 is 5.11 Å². The molecule has 70 valence electrons. The zero-order valence-corrected chi connectivity index (χ0v) is 7.90. The number of hydrogen-bond donors (Lipinski definition) is 1. The summed E-state index contributed by atoms with van der Waals surface area (Å²) in [6.07, 6.45) is 1.11. The van der Waals surface area contributed by atoms with Crippen LogP contribution in [0.5, 0.6) is 0 Å². The third kappa shape index (κ3) is 1.42. The molecule has 0 spiro atoms. The molecule has 1 aromatic carbocycles. The molecule has 0 radical (unpaired) electrons. The van der Waals surface area contributed by atoms with Gasteiger partial charge < -0.3 is 10.0 Å². The Morgan fingerprint density at radius 2 is 2.23 bits per heavy atom. The summed E-state index contributed by atoms with van der Waals surface area (Å²) in [5.41, 5.74) is 2.70. The van der Waals surface area contributed by atoms with E-state index in [-0.39, 0.29) is 6.61 Å². The minimum atomic E-state index is 0.235. The molecule has 2 rings (SSSR count). The minimum Gasteiger partial charge on any atom is -0.395 e. The van der Waals surface area contributed by atoms with Crippen LogP contribution in [0.2, 0.25) is 0 Å². The molecule has 1 aliphatic rings. The molecule has 0 saturated heterocycles. The fraction of sp³-hybridized carbons (Fsp3) is 0.455. The molecule has 0 amide bonds. The van der Waals surface area contributed by atoms with Crippen LogP contribution in [0.1, 0.15) is 12.5 Å². The number of fused-ring (bicyclic) bond motifs is 1. The topological polar surface area (TPSA) is 23.5 Å². The van der Waals surface area contributed by atoms with Gasteiger partial charge in [-0.25, -0.2) is 0 Å². The van der Waals surface area contributed by atoms with Gasteiger partial charge in [-0.1, -0.05) is 18.2 Å².